The van der Waals surface area contributed by atoms with Gasteiger partial charge in [-0.25, -0.2) is 12.8 Å². The molecule has 29 heavy (non-hydrogen) atoms. The fraction of sp³-hybridized carbons (Fsp3) is 0.632. The van der Waals surface area contributed by atoms with E-state index in [1.165, 1.54) is 0 Å². The summed E-state index contributed by atoms with van der Waals surface area (Å²) in [5.41, 5.74) is -1.14. The van der Waals surface area contributed by atoms with E-state index in [2.05, 4.69) is 10.6 Å². The van der Waals surface area contributed by atoms with Crippen LogP contribution in [0.1, 0.15) is 50.5 Å². The number of carbonyl (C=O) groups is 1. The lowest BCUT2D eigenvalue weighted by Crippen LogP contribution is -2.51. The molecule has 162 valence electrons. The highest BCUT2D eigenvalue weighted by Crippen LogP contribution is 2.41. The van der Waals surface area contributed by atoms with E-state index in [-0.39, 0.29) is 43.7 Å². The minimum absolute atomic E-state index is 0.104. The van der Waals surface area contributed by atoms with Gasteiger partial charge in [0.15, 0.2) is 0 Å². The minimum Gasteiger partial charge on any atom is -0.352 e. The van der Waals surface area contributed by atoms with Gasteiger partial charge in [-0.05, 0) is 63.3 Å². The lowest BCUT2D eigenvalue weighted by molar-refractivity contribution is -0.137. The summed E-state index contributed by atoms with van der Waals surface area (Å²) < 4.78 is 79.4. The van der Waals surface area contributed by atoms with Crippen LogP contribution in [-0.2, 0) is 20.8 Å². The zero-order valence-corrected chi connectivity index (χ0v) is 16.6. The van der Waals surface area contributed by atoms with Crippen molar-refractivity contribution in [2.45, 2.75) is 73.1 Å². The van der Waals surface area contributed by atoms with E-state index in [0.717, 1.165) is 44.0 Å². The first kappa shape index (κ1) is 22.0. The van der Waals surface area contributed by atoms with Crippen molar-refractivity contribution in [1.82, 2.24) is 10.6 Å². The Bertz CT molecular complexity index is 843. The fourth-order valence-corrected chi connectivity index (χ4v) is 5.63. The number of carbonyl (C=O) groups excluding carboxylic acids is 1. The molecule has 0 bridgehead atoms. The summed E-state index contributed by atoms with van der Waals surface area (Å²) in [5.74, 6) is -0.179. The summed E-state index contributed by atoms with van der Waals surface area (Å²) in [6.45, 7) is 0.756. The van der Waals surface area contributed by atoms with E-state index in [9.17, 15) is 26.4 Å². The molecule has 1 amide bonds. The first-order valence-electron chi connectivity index (χ1n) is 9.67. The second-order valence-corrected chi connectivity index (χ2v) is 9.91. The number of hydrogen-bond donors (Lipinski definition) is 2. The number of rotatable bonds is 4. The Balaban J connectivity index is 1.67. The molecule has 3 rings (SSSR count). The molecule has 1 aromatic rings. The van der Waals surface area contributed by atoms with Gasteiger partial charge in [0, 0.05) is 6.04 Å². The van der Waals surface area contributed by atoms with Crippen LogP contribution < -0.4 is 10.6 Å². The van der Waals surface area contributed by atoms with Crippen LogP contribution in [0.5, 0.6) is 0 Å². The quantitative estimate of drug-likeness (QED) is 0.710. The van der Waals surface area contributed by atoms with Gasteiger partial charge in [0.2, 0.25) is 20.7 Å². The Hall–Kier alpha value is -1.68. The van der Waals surface area contributed by atoms with Gasteiger partial charge in [0.05, 0.1) is 16.5 Å². The lowest BCUT2D eigenvalue weighted by Gasteiger charge is -2.34. The Kier molecular flexibility index (Phi) is 6.24. The van der Waals surface area contributed by atoms with Gasteiger partial charge in [-0.2, -0.15) is 13.2 Å². The van der Waals surface area contributed by atoms with Crippen molar-refractivity contribution in [2.24, 2.45) is 0 Å². The number of alkyl halides is 4. The maximum absolute atomic E-state index is 15.3. The van der Waals surface area contributed by atoms with Gasteiger partial charge >= 0.3 is 6.18 Å². The maximum Gasteiger partial charge on any atom is 0.416 e. The SMILES string of the molecule is O=C(N[C@H]1CC[C@](F)(S(=O)(=O)c2cccc(C(F)(F)F)c2)CC1)[C@@H]1CCCCN1. The molecule has 1 aliphatic carbocycles. The van der Waals surface area contributed by atoms with Crippen LogP contribution in [0.2, 0.25) is 0 Å². The van der Waals surface area contributed by atoms with Gasteiger partial charge in [-0.3, -0.25) is 4.79 Å². The summed E-state index contributed by atoms with van der Waals surface area (Å²) in [4.78, 5) is 11.6. The van der Waals surface area contributed by atoms with Crippen molar-refractivity contribution in [3.8, 4) is 0 Å². The maximum atomic E-state index is 15.3. The summed E-state index contributed by atoms with van der Waals surface area (Å²) in [7, 11) is -4.61. The largest absolute Gasteiger partial charge is 0.416 e. The predicted octanol–water partition coefficient (Wildman–Crippen LogP) is 3.35. The van der Waals surface area contributed by atoms with Crippen LogP contribution in [0.4, 0.5) is 17.6 Å². The van der Waals surface area contributed by atoms with Gasteiger partial charge in [0.25, 0.3) is 0 Å². The van der Waals surface area contributed by atoms with E-state index in [1.807, 2.05) is 0 Å². The second-order valence-electron chi connectivity index (χ2n) is 7.70. The highest BCUT2D eigenvalue weighted by Gasteiger charge is 2.48. The molecular weight excluding hydrogens is 412 g/mol. The molecular formula is C19H24F4N2O3S. The topological polar surface area (TPSA) is 75.3 Å². The summed E-state index contributed by atoms with van der Waals surface area (Å²) in [6.07, 6.45) is -2.60. The summed E-state index contributed by atoms with van der Waals surface area (Å²) in [5, 5.41) is 3.30. The Morgan fingerprint density at radius 3 is 2.41 bits per heavy atom. The zero-order valence-electron chi connectivity index (χ0n) is 15.8. The molecule has 0 spiro atoms. The average molecular weight is 436 g/mol. The number of halogens is 4. The van der Waals surface area contributed by atoms with Crippen LogP contribution in [0.25, 0.3) is 0 Å². The van der Waals surface area contributed by atoms with Gasteiger partial charge in [-0.15, -0.1) is 0 Å². The first-order valence-corrected chi connectivity index (χ1v) is 11.2. The third-order valence-electron chi connectivity index (χ3n) is 5.66. The highest BCUT2D eigenvalue weighted by atomic mass is 32.2. The summed E-state index contributed by atoms with van der Waals surface area (Å²) in [6, 6.07) is 2.51. The van der Waals surface area contributed by atoms with E-state index >= 15 is 4.39 Å². The summed E-state index contributed by atoms with van der Waals surface area (Å²) >= 11 is 0. The molecule has 2 aliphatic rings. The molecule has 2 fully saturated rings. The number of sulfone groups is 1. The smallest absolute Gasteiger partial charge is 0.352 e. The van der Waals surface area contributed by atoms with E-state index in [4.69, 9.17) is 0 Å². The van der Waals surface area contributed by atoms with Crippen LogP contribution in [0, 0.1) is 0 Å². The number of benzene rings is 1. The zero-order chi connectivity index (χ0) is 21.3. The number of hydrogen-bond acceptors (Lipinski definition) is 4. The Morgan fingerprint density at radius 1 is 1.14 bits per heavy atom. The van der Waals surface area contributed by atoms with E-state index in [1.54, 1.807) is 0 Å². The van der Waals surface area contributed by atoms with Gasteiger partial charge < -0.3 is 10.6 Å². The standard InChI is InChI=1S/C19H24F4N2O3S/c20-18(29(27,28)15-5-3-4-13(12-15)19(21,22)23)9-7-14(8-10-18)25-17(26)16-6-1-2-11-24-16/h3-5,12,14,16,24H,1-2,6-11H2,(H,25,26)/t14-,16-,18-/m0/s1. The minimum atomic E-state index is -4.72. The van der Waals surface area contributed by atoms with Crippen LogP contribution in [-0.4, -0.2) is 38.0 Å². The van der Waals surface area contributed by atoms with Crippen molar-refractivity contribution < 1.29 is 30.8 Å². The predicted molar refractivity (Wildman–Crippen MR) is 98.5 cm³/mol. The molecule has 1 aliphatic heterocycles. The molecule has 0 unspecified atom stereocenters. The molecule has 1 saturated carbocycles. The van der Waals surface area contributed by atoms with Crippen molar-refractivity contribution in [1.29, 1.82) is 0 Å². The molecule has 1 aromatic carbocycles. The van der Waals surface area contributed by atoms with Crippen LogP contribution >= 0.6 is 0 Å². The lowest BCUT2D eigenvalue weighted by atomic mass is 9.93. The second kappa shape index (κ2) is 8.22. The number of nitrogens with one attached hydrogen (secondary N) is 2. The molecule has 0 aromatic heterocycles. The molecule has 2 N–H and O–H groups in total. The van der Waals surface area contributed by atoms with E-state index < -0.39 is 31.5 Å². The third-order valence-corrected chi connectivity index (χ3v) is 7.90. The van der Waals surface area contributed by atoms with Gasteiger partial charge in [0.1, 0.15) is 0 Å². The molecule has 1 saturated heterocycles. The van der Waals surface area contributed by atoms with Gasteiger partial charge in [-0.1, -0.05) is 12.5 Å². The highest BCUT2D eigenvalue weighted by molar-refractivity contribution is 7.92. The molecule has 10 heteroatoms. The van der Waals surface area contributed by atoms with Crippen LogP contribution in [0.15, 0.2) is 29.2 Å². The molecule has 0 radical (unpaired) electrons. The van der Waals surface area contributed by atoms with Crippen molar-refractivity contribution in [2.75, 3.05) is 6.54 Å². The molecule has 1 atom stereocenters. The monoisotopic (exact) mass is 436 g/mol. The number of piperidine rings is 1. The van der Waals surface area contributed by atoms with Crippen molar-refractivity contribution in [3.63, 3.8) is 0 Å². The average Bonchev–Trinajstić information content (AvgIpc) is 2.70. The normalized spacial score (nSPS) is 28.7. The van der Waals surface area contributed by atoms with Crippen molar-refractivity contribution >= 4 is 15.7 Å². The van der Waals surface area contributed by atoms with Crippen LogP contribution in [0.3, 0.4) is 0 Å². The molecule has 1 heterocycles. The van der Waals surface area contributed by atoms with Crippen molar-refractivity contribution in [3.05, 3.63) is 29.8 Å². The fourth-order valence-electron chi connectivity index (χ4n) is 3.89. The Morgan fingerprint density at radius 2 is 1.83 bits per heavy atom. The number of amides is 1. The third kappa shape index (κ3) is 4.74. The van der Waals surface area contributed by atoms with E-state index in [0.29, 0.717) is 6.07 Å². The Labute approximate surface area is 167 Å². The molecule has 5 nitrogen and oxygen atoms in total. The first-order chi connectivity index (χ1) is 13.5.